The quantitative estimate of drug-likeness (QED) is 0.501. The minimum Gasteiger partial charge on any atom is -0.497 e. The number of hydrogen-bond acceptors (Lipinski definition) is 5. The lowest BCUT2D eigenvalue weighted by atomic mass is 10.1. The average Bonchev–Trinajstić information content (AvgIpc) is 3.25. The number of nitrogens with zero attached hydrogens (tertiary/aromatic N) is 4. The van der Waals surface area contributed by atoms with Crippen molar-refractivity contribution < 1.29 is 9.53 Å². The highest BCUT2D eigenvalue weighted by Crippen LogP contribution is 2.18. The number of aliphatic imine (C=N–C) groups is 1. The number of carbonyl (C=O) groups excluding carboxylic acids is 1. The second-order valence-electron chi connectivity index (χ2n) is 7.10. The van der Waals surface area contributed by atoms with Crippen LogP contribution < -0.4 is 10.1 Å². The van der Waals surface area contributed by atoms with Gasteiger partial charge in [-0.2, -0.15) is 0 Å². The van der Waals surface area contributed by atoms with Crippen molar-refractivity contribution in [1.29, 1.82) is 0 Å². The molecule has 29 heavy (non-hydrogen) atoms. The molecular weight excluding hydrogens is 386 g/mol. The van der Waals surface area contributed by atoms with Gasteiger partial charge in [0, 0.05) is 51.7 Å². The van der Waals surface area contributed by atoms with Gasteiger partial charge in [-0.05, 0) is 24.1 Å². The predicted molar refractivity (Wildman–Crippen MR) is 119 cm³/mol. The number of methoxy groups -OCH3 is 1. The molecule has 1 unspecified atom stereocenters. The first kappa shape index (κ1) is 22.7. The number of thiazole rings is 1. The first-order chi connectivity index (χ1) is 13.9. The number of hydrogen-bond donors (Lipinski definition) is 1. The van der Waals surface area contributed by atoms with E-state index in [2.05, 4.69) is 39.2 Å². The van der Waals surface area contributed by atoms with Crippen LogP contribution in [-0.4, -0.2) is 74.5 Å². The fourth-order valence-electron chi connectivity index (χ4n) is 2.76. The fraction of sp³-hybridized carbons (Fsp3) is 0.476. The lowest BCUT2D eigenvalue weighted by Gasteiger charge is -2.25. The molecule has 0 bridgehead atoms. The van der Waals surface area contributed by atoms with E-state index in [0.29, 0.717) is 0 Å². The largest absolute Gasteiger partial charge is 0.497 e. The van der Waals surface area contributed by atoms with Crippen molar-refractivity contribution in [2.45, 2.75) is 19.3 Å². The molecule has 0 aliphatic rings. The molecule has 1 amide bonds. The normalized spacial score (nSPS) is 12.4. The number of likely N-dealkylation sites (N-methyl/N-ethyl adjacent to an activating group) is 2. The van der Waals surface area contributed by atoms with Crippen molar-refractivity contribution in [1.82, 2.24) is 20.1 Å². The Balaban J connectivity index is 1.99. The third-order valence-electron chi connectivity index (χ3n) is 4.50. The van der Waals surface area contributed by atoms with Gasteiger partial charge < -0.3 is 19.9 Å². The van der Waals surface area contributed by atoms with Gasteiger partial charge in [0.1, 0.15) is 12.3 Å². The van der Waals surface area contributed by atoms with Gasteiger partial charge in [-0.25, -0.2) is 9.98 Å². The summed E-state index contributed by atoms with van der Waals surface area (Å²) < 4.78 is 5.20. The van der Waals surface area contributed by atoms with Gasteiger partial charge in [0.15, 0.2) is 5.96 Å². The number of guanidine groups is 1. The van der Waals surface area contributed by atoms with Crippen LogP contribution in [0.1, 0.15) is 23.4 Å². The summed E-state index contributed by atoms with van der Waals surface area (Å²) in [7, 11) is 7.13. The topological polar surface area (TPSA) is 70.1 Å². The number of nitrogens with one attached hydrogen (secondary N) is 1. The summed E-state index contributed by atoms with van der Waals surface area (Å²) in [6, 6.07) is 8.03. The number of ether oxygens (including phenoxy) is 1. The van der Waals surface area contributed by atoms with E-state index in [1.807, 2.05) is 30.8 Å². The molecule has 0 aliphatic carbocycles. The van der Waals surface area contributed by atoms with Crippen LogP contribution in [0.15, 0.2) is 40.8 Å². The monoisotopic (exact) mass is 417 g/mol. The van der Waals surface area contributed by atoms with Crippen molar-refractivity contribution >= 4 is 23.2 Å². The Morgan fingerprint density at radius 3 is 2.59 bits per heavy atom. The van der Waals surface area contributed by atoms with E-state index >= 15 is 0 Å². The summed E-state index contributed by atoms with van der Waals surface area (Å²) in [5.74, 6) is 1.82. The van der Waals surface area contributed by atoms with Crippen LogP contribution in [0, 0.1) is 0 Å². The van der Waals surface area contributed by atoms with Crippen LogP contribution in [0.2, 0.25) is 0 Å². The molecule has 1 N–H and O–H groups in total. The third-order valence-corrected chi connectivity index (χ3v) is 5.51. The molecular formula is C21H31N5O2S. The van der Waals surface area contributed by atoms with Crippen LogP contribution in [0.4, 0.5) is 0 Å². The molecule has 2 aromatic rings. The smallest absolute Gasteiger partial charge is 0.243 e. The van der Waals surface area contributed by atoms with Crippen molar-refractivity contribution in [2.24, 2.45) is 4.99 Å². The lowest BCUT2D eigenvalue weighted by Crippen LogP contribution is -2.42. The molecule has 0 saturated carbocycles. The zero-order valence-electron chi connectivity index (χ0n) is 17.9. The highest BCUT2D eigenvalue weighted by molar-refractivity contribution is 7.09. The van der Waals surface area contributed by atoms with Gasteiger partial charge in [0.05, 0.1) is 12.1 Å². The summed E-state index contributed by atoms with van der Waals surface area (Å²) in [5, 5.41) is 6.48. The second-order valence-corrected chi connectivity index (χ2v) is 8.03. The second kappa shape index (κ2) is 11.4. The molecule has 0 spiro atoms. The molecule has 1 heterocycles. The number of rotatable bonds is 9. The first-order valence-corrected chi connectivity index (χ1v) is 10.5. The SMILES string of the molecule is COc1ccc(CCNC(=NCC(=O)N(C)C)N(C)CC(C)c2nccs2)cc1. The highest BCUT2D eigenvalue weighted by Gasteiger charge is 2.15. The van der Waals surface area contributed by atoms with Crippen molar-refractivity contribution in [3.63, 3.8) is 0 Å². The van der Waals surface area contributed by atoms with E-state index in [1.165, 1.54) is 5.56 Å². The number of benzene rings is 1. The van der Waals surface area contributed by atoms with Crippen LogP contribution in [0.25, 0.3) is 0 Å². The maximum absolute atomic E-state index is 12.0. The minimum atomic E-state index is -0.0270. The third kappa shape index (κ3) is 7.38. The van der Waals surface area contributed by atoms with Crippen LogP contribution in [0.5, 0.6) is 5.75 Å². The maximum Gasteiger partial charge on any atom is 0.243 e. The molecule has 0 saturated heterocycles. The lowest BCUT2D eigenvalue weighted by molar-refractivity contribution is -0.127. The van der Waals surface area contributed by atoms with E-state index in [1.54, 1.807) is 37.4 Å². The van der Waals surface area contributed by atoms with Gasteiger partial charge in [0.25, 0.3) is 0 Å². The Bertz CT molecular complexity index is 775. The molecule has 1 aromatic carbocycles. The van der Waals surface area contributed by atoms with Crippen molar-refractivity contribution in [3.8, 4) is 5.75 Å². The predicted octanol–water partition coefficient (Wildman–Crippen LogP) is 2.46. The maximum atomic E-state index is 12.0. The average molecular weight is 418 g/mol. The molecule has 7 nitrogen and oxygen atoms in total. The summed E-state index contributed by atoms with van der Waals surface area (Å²) in [4.78, 5) is 24.5. The fourth-order valence-corrected chi connectivity index (χ4v) is 3.45. The van der Waals surface area contributed by atoms with E-state index in [0.717, 1.165) is 36.2 Å². The van der Waals surface area contributed by atoms with Gasteiger partial charge in [-0.1, -0.05) is 19.1 Å². The van der Waals surface area contributed by atoms with Crippen molar-refractivity contribution in [2.75, 3.05) is 47.9 Å². The van der Waals surface area contributed by atoms with Gasteiger partial charge >= 0.3 is 0 Å². The Labute approximate surface area is 177 Å². The Kier molecular flexibility index (Phi) is 8.92. The van der Waals surface area contributed by atoms with E-state index < -0.39 is 0 Å². The molecule has 158 valence electrons. The summed E-state index contributed by atoms with van der Waals surface area (Å²) in [5.41, 5.74) is 1.21. The summed E-state index contributed by atoms with van der Waals surface area (Å²) in [6.45, 7) is 3.75. The zero-order valence-corrected chi connectivity index (χ0v) is 18.7. The molecule has 1 aromatic heterocycles. The van der Waals surface area contributed by atoms with E-state index in [9.17, 15) is 4.79 Å². The number of carbonyl (C=O) groups is 1. The molecule has 0 radical (unpaired) electrons. The highest BCUT2D eigenvalue weighted by atomic mass is 32.1. The molecule has 8 heteroatoms. The molecule has 0 fully saturated rings. The van der Waals surface area contributed by atoms with E-state index in [-0.39, 0.29) is 18.4 Å². The van der Waals surface area contributed by atoms with E-state index in [4.69, 9.17) is 4.74 Å². The molecule has 0 aliphatic heterocycles. The summed E-state index contributed by atoms with van der Waals surface area (Å²) in [6.07, 6.45) is 2.68. The standard InChI is InChI=1S/C21H31N5O2S/c1-16(20-22-12-13-29-20)15-26(4)21(24-14-19(27)25(2)3)23-11-10-17-6-8-18(28-5)9-7-17/h6-9,12-13,16H,10-11,14-15H2,1-5H3,(H,23,24). The van der Waals surface area contributed by atoms with Crippen LogP contribution >= 0.6 is 11.3 Å². The number of amides is 1. The van der Waals surface area contributed by atoms with Crippen LogP contribution in [-0.2, 0) is 11.2 Å². The molecule has 1 atom stereocenters. The first-order valence-electron chi connectivity index (χ1n) is 9.62. The Hall–Kier alpha value is -2.61. The number of aromatic nitrogens is 1. The summed E-state index contributed by atoms with van der Waals surface area (Å²) >= 11 is 1.66. The van der Waals surface area contributed by atoms with Gasteiger partial charge in [-0.3, -0.25) is 4.79 Å². The zero-order chi connectivity index (χ0) is 21.2. The Morgan fingerprint density at radius 2 is 2.00 bits per heavy atom. The minimum absolute atomic E-state index is 0.0270. The van der Waals surface area contributed by atoms with Crippen LogP contribution in [0.3, 0.4) is 0 Å². The molecule has 2 rings (SSSR count). The van der Waals surface area contributed by atoms with Crippen molar-refractivity contribution in [3.05, 3.63) is 46.4 Å². The van der Waals surface area contributed by atoms with Gasteiger partial charge in [0.2, 0.25) is 5.91 Å². The Morgan fingerprint density at radius 1 is 1.28 bits per heavy atom. The van der Waals surface area contributed by atoms with Gasteiger partial charge in [-0.15, -0.1) is 11.3 Å².